The summed E-state index contributed by atoms with van der Waals surface area (Å²) in [5, 5.41) is 0. The first-order valence-electron chi connectivity index (χ1n) is 6.10. The number of carbonyl (C=O) groups excluding carboxylic acids is 1. The summed E-state index contributed by atoms with van der Waals surface area (Å²) in [7, 11) is 1.70. The van der Waals surface area contributed by atoms with Gasteiger partial charge in [-0.2, -0.15) is 0 Å². The van der Waals surface area contributed by atoms with Crippen LogP contribution in [0.1, 0.15) is 49.3 Å². The molecule has 0 fully saturated rings. The van der Waals surface area contributed by atoms with Crippen molar-refractivity contribution in [1.82, 2.24) is 0 Å². The summed E-state index contributed by atoms with van der Waals surface area (Å²) < 4.78 is 5.30. The quantitative estimate of drug-likeness (QED) is 0.775. The summed E-state index contributed by atoms with van der Waals surface area (Å²) in [6.45, 7) is 7.98. The molecule has 2 heteroatoms. The third kappa shape index (κ3) is 3.58. The Balaban J connectivity index is 2.90. The van der Waals surface area contributed by atoms with Gasteiger partial charge in [-0.25, -0.2) is 0 Å². The number of hydrogen-bond acceptors (Lipinski definition) is 2. The molecule has 1 atom stereocenters. The summed E-state index contributed by atoms with van der Waals surface area (Å²) in [5.74, 6) is 1.62. The molecule has 1 aromatic rings. The lowest BCUT2D eigenvalue weighted by Gasteiger charge is -2.16. The van der Waals surface area contributed by atoms with Crippen LogP contribution in [-0.2, 0) is 4.79 Å². The second kappa shape index (κ2) is 5.85. The molecule has 2 nitrogen and oxygen atoms in total. The van der Waals surface area contributed by atoms with Crippen LogP contribution in [-0.4, -0.2) is 12.9 Å². The van der Waals surface area contributed by atoms with E-state index in [9.17, 15) is 4.79 Å². The fourth-order valence-corrected chi connectivity index (χ4v) is 2.14. The molecule has 0 aromatic heterocycles. The van der Waals surface area contributed by atoms with Crippen LogP contribution >= 0.6 is 0 Å². The maximum absolute atomic E-state index is 11.0. The molecule has 0 bridgehead atoms. The zero-order valence-electron chi connectivity index (χ0n) is 11.5. The number of rotatable bonds is 5. The van der Waals surface area contributed by atoms with Crippen molar-refractivity contribution in [3.05, 3.63) is 28.8 Å². The molecule has 94 valence electrons. The molecule has 0 aliphatic carbocycles. The van der Waals surface area contributed by atoms with E-state index in [-0.39, 0.29) is 5.78 Å². The lowest BCUT2D eigenvalue weighted by Crippen LogP contribution is -2.01. The van der Waals surface area contributed by atoms with Crippen LogP contribution in [0.4, 0.5) is 0 Å². The van der Waals surface area contributed by atoms with Gasteiger partial charge >= 0.3 is 0 Å². The summed E-state index contributed by atoms with van der Waals surface area (Å²) in [5.41, 5.74) is 3.72. The Morgan fingerprint density at radius 1 is 1.29 bits per heavy atom. The normalized spacial score (nSPS) is 12.3. The maximum atomic E-state index is 11.0. The molecule has 0 saturated heterocycles. The molecule has 0 amide bonds. The van der Waals surface area contributed by atoms with Crippen molar-refractivity contribution in [3.8, 4) is 5.75 Å². The first kappa shape index (κ1) is 13.8. The number of carbonyl (C=O) groups is 1. The van der Waals surface area contributed by atoms with Crippen molar-refractivity contribution in [2.24, 2.45) is 0 Å². The molecule has 0 saturated carbocycles. The number of Topliss-reactive ketones (excluding diaryl/α,β-unsaturated/α-hetero) is 1. The van der Waals surface area contributed by atoms with E-state index in [1.165, 1.54) is 11.1 Å². The maximum Gasteiger partial charge on any atom is 0.129 e. The molecule has 0 aliphatic rings. The van der Waals surface area contributed by atoms with Crippen LogP contribution < -0.4 is 4.74 Å². The van der Waals surface area contributed by atoms with Crippen molar-refractivity contribution < 1.29 is 9.53 Å². The van der Waals surface area contributed by atoms with E-state index in [2.05, 4.69) is 32.9 Å². The second-order valence-electron chi connectivity index (χ2n) is 4.82. The molecule has 1 rings (SSSR count). The van der Waals surface area contributed by atoms with E-state index < -0.39 is 0 Å². The topological polar surface area (TPSA) is 26.3 Å². The van der Waals surface area contributed by atoms with Crippen LogP contribution in [0.15, 0.2) is 12.1 Å². The number of aryl methyl sites for hydroxylation is 2. The minimum Gasteiger partial charge on any atom is -0.496 e. The highest BCUT2D eigenvalue weighted by atomic mass is 16.5. The lowest BCUT2D eigenvalue weighted by molar-refractivity contribution is -0.117. The SMILES string of the molecule is COc1cc(C)c(C(C)CCC(C)=O)cc1C. The lowest BCUT2D eigenvalue weighted by atomic mass is 9.90. The monoisotopic (exact) mass is 234 g/mol. The molecule has 1 unspecified atom stereocenters. The van der Waals surface area contributed by atoms with E-state index in [4.69, 9.17) is 4.74 Å². The van der Waals surface area contributed by atoms with Gasteiger partial charge in [-0.3, -0.25) is 0 Å². The Hall–Kier alpha value is -1.31. The number of benzene rings is 1. The van der Waals surface area contributed by atoms with Crippen molar-refractivity contribution >= 4 is 5.78 Å². The zero-order valence-corrected chi connectivity index (χ0v) is 11.5. The smallest absolute Gasteiger partial charge is 0.129 e. The van der Waals surface area contributed by atoms with Gasteiger partial charge in [-0.05, 0) is 55.9 Å². The highest BCUT2D eigenvalue weighted by Gasteiger charge is 2.12. The van der Waals surface area contributed by atoms with E-state index in [0.29, 0.717) is 12.3 Å². The summed E-state index contributed by atoms with van der Waals surface area (Å²) in [4.78, 5) is 11.0. The van der Waals surface area contributed by atoms with Crippen LogP contribution in [0.2, 0.25) is 0 Å². The predicted octanol–water partition coefficient (Wildman–Crippen LogP) is 3.78. The summed E-state index contributed by atoms with van der Waals surface area (Å²) in [6, 6.07) is 4.26. The minimum atomic E-state index is 0.264. The Kier molecular flexibility index (Phi) is 4.73. The average molecular weight is 234 g/mol. The Morgan fingerprint density at radius 3 is 2.47 bits per heavy atom. The van der Waals surface area contributed by atoms with Gasteiger partial charge < -0.3 is 9.53 Å². The summed E-state index contributed by atoms with van der Waals surface area (Å²) >= 11 is 0. The average Bonchev–Trinajstić information content (AvgIpc) is 2.28. The fraction of sp³-hybridized carbons (Fsp3) is 0.533. The van der Waals surface area contributed by atoms with Gasteiger partial charge in [0.05, 0.1) is 7.11 Å². The van der Waals surface area contributed by atoms with Gasteiger partial charge in [0, 0.05) is 6.42 Å². The third-order valence-corrected chi connectivity index (χ3v) is 3.24. The number of ether oxygens (including phenoxy) is 1. The second-order valence-corrected chi connectivity index (χ2v) is 4.82. The van der Waals surface area contributed by atoms with Gasteiger partial charge in [-0.1, -0.05) is 13.0 Å². The van der Waals surface area contributed by atoms with Crippen LogP contribution in [0, 0.1) is 13.8 Å². The highest BCUT2D eigenvalue weighted by Crippen LogP contribution is 2.29. The minimum absolute atomic E-state index is 0.264. The van der Waals surface area contributed by atoms with E-state index >= 15 is 0 Å². The molecule has 0 radical (unpaired) electrons. The standard InChI is InChI=1S/C15H22O2/c1-10(6-7-13(4)16)14-8-12(3)15(17-5)9-11(14)2/h8-10H,6-7H2,1-5H3. The first-order chi connectivity index (χ1) is 7.95. The molecule has 0 N–H and O–H groups in total. The van der Waals surface area contributed by atoms with E-state index in [1.54, 1.807) is 14.0 Å². The van der Waals surface area contributed by atoms with E-state index in [1.807, 2.05) is 0 Å². The Labute approximate surface area is 104 Å². The number of methoxy groups -OCH3 is 1. The molecule has 17 heavy (non-hydrogen) atoms. The van der Waals surface area contributed by atoms with Gasteiger partial charge in [0.15, 0.2) is 0 Å². The molecule has 0 spiro atoms. The molecule has 1 aromatic carbocycles. The highest BCUT2D eigenvalue weighted by molar-refractivity contribution is 5.75. The molecule has 0 heterocycles. The molecular formula is C15H22O2. The fourth-order valence-electron chi connectivity index (χ4n) is 2.14. The van der Waals surface area contributed by atoms with Crippen molar-refractivity contribution in [1.29, 1.82) is 0 Å². The third-order valence-electron chi connectivity index (χ3n) is 3.24. The first-order valence-corrected chi connectivity index (χ1v) is 6.10. The van der Waals surface area contributed by atoms with E-state index in [0.717, 1.165) is 17.7 Å². The zero-order chi connectivity index (χ0) is 13.0. The Morgan fingerprint density at radius 2 is 1.94 bits per heavy atom. The van der Waals surface area contributed by atoms with Crippen molar-refractivity contribution in [3.63, 3.8) is 0 Å². The van der Waals surface area contributed by atoms with Gasteiger partial charge in [0.1, 0.15) is 11.5 Å². The molecule has 0 aliphatic heterocycles. The predicted molar refractivity (Wildman–Crippen MR) is 70.8 cm³/mol. The number of ketones is 1. The van der Waals surface area contributed by atoms with Gasteiger partial charge in [-0.15, -0.1) is 0 Å². The van der Waals surface area contributed by atoms with Crippen molar-refractivity contribution in [2.75, 3.05) is 7.11 Å². The largest absolute Gasteiger partial charge is 0.496 e. The van der Waals surface area contributed by atoms with Gasteiger partial charge in [0.25, 0.3) is 0 Å². The van der Waals surface area contributed by atoms with Crippen LogP contribution in [0.3, 0.4) is 0 Å². The Bertz CT molecular complexity index is 408. The number of hydrogen-bond donors (Lipinski definition) is 0. The molecular weight excluding hydrogens is 212 g/mol. The van der Waals surface area contributed by atoms with Crippen molar-refractivity contribution in [2.45, 2.75) is 46.5 Å². The van der Waals surface area contributed by atoms with Gasteiger partial charge in [0.2, 0.25) is 0 Å². The van der Waals surface area contributed by atoms with Crippen LogP contribution in [0.25, 0.3) is 0 Å². The summed E-state index contributed by atoms with van der Waals surface area (Å²) in [6.07, 6.45) is 1.58. The van der Waals surface area contributed by atoms with Crippen LogP contribution in [0.5, 0.6) is 5.75 Å².